The minimum absolute atomic E-state index is 1.03. The van der Waals surface area contributed by atoms with E-state index < -0.39 is 0 Å². The Morgan fingerprint density at radius 3 is 2.92 bits per heavy atom. The van der Waals surface area contributed by atoms with Gasteiger partial charge in [-0.3, -0.25) is 0 Å². The number of benzene rings is 1. The molecular weight excluding hydrogens is 166 g/mol. The smallest absolute Gasteiger partial charge is 0.123 e. The molecule has 2 aromatic rings. The van der Waals surface area contributed by atoms with Crippen molar-refractivity contribution in [2.24, 2.45) is 0 Å². The van der Waals surface area contributed by atoms with Gasteiger partial charge in [0, 0.05) is 17.1 Å². The van der Waals surface area contributed by atoms with Crippen LogP contribution >= 0.6 is 11.3 Å². The van der Waals surface area contributed by atoms with E-state index >= 15 is 0 Å². The Morgan fingerprint density at radius 2 is 2.25 bits per heavy atom. The Kier molecular flexibility index (Phi) is 1.92. The molecule has 0 aliphatic rings. The molecule has 0 aliphatic carbocycles. The summed E-state index contributed by atoms with van der Waals surface area (Å²) in [5.41, 5.74) is 2.18. The van der Waals surface area contributed by atoms with Gasteiger partial charge in [0.1, 0.15) is 5.01 Å². The van der Waals surface area contributed by atoms with Gasteiger partial charge >= 0.3 is 0 Å². The monoisotopic (exact) mass is 174 g/mol. The lowest BCUT2D eigenvalue weighted by atomic mass is 10.1. The van der Waals surface area contributed by atoms with Gasteiger partial charge in [-0.15, -0.1) is 11.3 Å². The van der Waals surface area contributed by atoms with Gasteiger partial charge in [-0.2, -0.15) is 0 Å². The minimum atomic E-state index is 1.03. The average molecular weight is 174 g/mol. The fourth-order valence-corrected chi connectivity index (χ4v) is 1.71. The summed E-state index contributed by atoms with van der Waals surface area (Å²) in [5.74, 6) is 0. The second-order valence-corrected chi connectivity index (χ2v) is 3.43. The van der Waals surface area contributed by atoms with Crippen LogP contribution in [0.25, 0.3) is 10.6 Å². The van der Waals surface area contributed by atoms with Crippen LogP contribution in [-0.4, -0.2) is 4.98 Å². The first-order chi connectivity index (χ1) is 5.86. The van der Waals surface area contributed by atoms with Gasteiger partial charge in [-0.25, -0.2) is 4.98 Å². The number of hydrogen-bond donors (Lipinski definition) is 0. The van der Waals surface area contributed by atoms with E-state index in [0.29, 0.717) is 0 Å². The third kappa shape index (κ3) is 1.38. The first-order valence-electron chi connectivity index (χ1n) is 3.68. The van der Waals surface area contributed by atoms with Crippen LogP contribution in [0, 0.1) is 6.92 Å². The van der Waals surface area contributed by atoms with Crippen LogP contribution in [-0.2, 0) is 0 Å². The zero-order chi connectivity index (χ0) is 8.39. The summed E-state index contributed by atoms with van der Waals surface area (Å²) in [5, 5.41) is 3.03. The summed E-state index contributed by atoms with van der Waals surface area (Å²) in [6, 6.07) is 8.07. The van der Waals surface area contributed by atoms with Crippen molar-refractivity contribution in [3.8, 4) is 10.6 Å². The molecule has 0 aliphatic heterocycles. The predicted molar refractivity (Wildman–Crippen MR) is 52.0 cm³/mol. The Labute approximate surface area is 75.7 Å². The van der Waals surface area contributed by atoms with E-state index in [1.54, 1.807) is 11.3 Å². The quantitative estimate of drug-likeness (QED) is 0.647. The van der Waals surface area contributed by atoms with Crippen LogP contribution < -0.4 is 0 Å². The maximum absolute atomic E-state index is 4.22. The van der Waals surface area contributed by atoms with Crippen LogP contribution in [0.3, 0.4) is 0 Å². The molecule has 1 nitrogen and oxygen atoms in total. The van der Waals surface area contributed by atoms with Crippen molar-refractivity contribution in [2.75, 3.05) is 0 Å². The molecule has 2 heteroatoms. The Morgan fingerprint density at radius 1 is 1.33 bits per heavy atom. The van der Waals surface area contributed by atoms with Crippen LogP contribution in [0.5, 0.6) is 0 Å². The molecule has 0 unspecified atom stereocenters. The highest BCUT2D eigenvalue weighted by Crippen LogP contribution is 2.21. The maximum Gasteiger partial charge on any atom is 0.123 e. The third-order valence-corrected chi connectivity index (χ3v) is 2.43. The van der Waals surface area contributed by atoms with E-state index in [1.807, 2.05) is 35.8 Å². The Bertz CT molecular complexity index is 365. The normalized spacial score (nSPS) is 10.1. The van der Waals surface area contributed by atoms with Gasteiger partial charge in [0.2, 0.25) is 0 Å². The lowest BCUT2D eigenvalue weighted by Gasteiger charge is -1.96. The van der Waals surface area contributed by atoms with Crippen molar-refractivity contribution >= 4 is 11.3 Å². The second kappa shape index (κ2) is 3.07. The van der Waals surface area contributed by atoms with E-state index in [2.05, 4.69) is 11.9 Å². The van der Waals surface area contributed by atoms with Gasteiger partial charge in [0.05, 0.1) is 0 Å². The van der Waals surface area contributed by atoms with Crippen LogP contribution in [0.15, 0.2) is 35.8 Å². The van der Waals surface area contributed by atoms with Crippen molar-refractivity contribution in [2.45, 2.75) is 0 Å². The molecule has 1 heterocycles. The highest BCUT2D eigenvalue weighted by atomic mass is 32.1. The standard InChI is InChI=1S/C10H8NS/c1-8-3-2-4-9(7-8)10-11-5-6-12-10/h2-7H,1H2. The number of aromatic nitrogens is 1. The van der Waals surface area contributed by atoms with Gasteiger partial charge in [-0.05, 0) is 18.6 Å². The molecule has 0 saturated heterocycles. The highest BCUT2D eigenvalue weighted by molar-refractivity contribution is 7.13. The number of hydrogen-bond acceptors (Lipinski definition) is 2. The van der Waals surface area contributed by atoms with Crippen molar-refractivity contribution in [3.63, 3.8) is 0 Å². The first kappa shape index (κ1) is 7.50. The Hall–Kier alpha value is -1.15. The predicted octanol–water partition coefficient (Wildman–Crippen LogP) is 2.99. The second-order valence-electron chi connectivity index (χ2n) is 2.54. The summed E-state index contributed by atoms with van der Waals surface area (Å²) < 4.78 is 0. The van der Waals surface area contributed by atoms with Crippen molar-refractivity contribution in [1.82, 2.24) is 4.98 Å². The number of thiazole rings is 1. The van der Waals surface area contributed by atoms with Crippen LogP contribution in [0.1, 0.15) is 5.56 Å². The van der Waals surface area contributed by atoms with Crippen LogP contribution in [0.2, 0.25) is 0 Å². The van der Waals surface area contributed by atoms with Crippen molar-refractivity contribution in [1.29, 1.82) is 0 Å². The summed E-state index contributed by atoms with van der Waals surface area (Å²) in [7, 11) is 0. The molecule has 0 N–H and O–H groups in total. The largest absolute Gasteiger partial charge is 0.245 e. The van der Waals surface area contributed by atoms with E-state index in [0.717, 1.165) is 16.1 Å². The summed E-state index contributed by atoms with van der Waals surface area (Å²) in [6.45, 7) is 3.87. The molecule has 0 amide bonds. The molecule has 1 aromatic carbocycles. The molecule has 2 rings (SSSR count). The molecule has 0 atom stereocenters. The molecule has 0 bridgehead atoms. The van der Waals surface area contributed by atoms with E-state index in [9.17, 15) is 0 Å². The molecule has 0 spiro atoms. The molecule has 1 radical (unpaired) electrons. The van der Waals surface area contributed by atoms with Gasteiger partial charge < -0.3 is 0 Å². The van der Waals surface area contributed by atoms with Gasteiger partial charge in [0.25, 0.3) is 0 Å². The highest BCUT2D eigenvalue weighted by Gasteiger charge is 1.98. The topological polar surface area (TPSA) is 12.9 Å². The SMILES string of the molecule is [CH2]c1cccc(-c2nccs2)c1. The van der Waals surface area contributed by atoms with E-state index in [-0.39, 0.29) is 0 Å². The number of rotatable bonds is 1. The fourth-order valence-electron chi connectivity index (χ4n) is 1.07. The molecule has 59 valence electrons. The molecule has 12 heavy (non-hydrogen) atoms. The molecular formula is C10H8NS. The van der Waals surface area contributed by atoms with Crippen molar-refractivity contribution < 1.29 is 0 Å². The zero-order valence-electron chi connectivity index (χ0n) is 6.53. The zero-order valence-corrected chi connectivity index (χ0v) is 7.34. The lowest BCUT2D eigenvalue weighted by Crippen LogP contribution is -1.76. The van der Waals surface area contributed by atoms with Gasteiger partial charge in [-0.1, -0.05) is 18.2 Å². The summed E-state index contributed by atoms with van der Waals surface area (Å²) >= 11 is 1.65. The van der Waals surface area contributed by atoms with Crippen LogP contribution in [0.4, 0.5) is 0 Å². The number of nitrogens with zero attached hydrogens (tertiary/aromatic N) is 1. The summed E-state index contributed by atoms with van der Waals surface area (Å²) in [6.07, 6.45) is 1.82. The molecule has 0 saturated carbocycles. The lowest BCUT2D eigenvalue weighted by molar-refractivity contribution is 1.41. The van der Waals surface area contributed by atoms with Gasteiger partial charge in [0.15, 0.2) is 0 Å². The minimum Gasteiger partial charge on any atom is -0.245 e. The Balaban J connectivity index is 2.48. The van der Waals surface area contributed by atoms with Crippen molar-refractivity contribution in [3.05, 3.63) is 48.3 Å². The van der Waals surface area contributed by atoms with E-state index in [1.165, 1.54) is 0 Å². The molecule has 1 aromatic heterocycles. The fraction of sp³-hybridized carbons (Fsp3) is 0. The maximum atomic E-state index is 4.22. The third-order valence-electron chi connectivity index (χ3n) is 1.61. The van der Waals surface area contributed by atoms with E-state index in [4.69, 9.17) is 0 Å². The summed E-state index contributed by atoms with van der Waals surface area (Å²) in [4.78, 5) is 4.22. The molecule has 0 fully saturated rings. The average Bonchev–Trinajstić information content (AvgIpc) is 2.56. The first-order valence-corrected chi connectivity index (χ1v) is 4.56.